The van der Waals surface area contributed by atoms with Gasteiger partial charge in [-0.1, -0.05) is 6.92 Å². The molecule has 1 N–H and O–H groups in total. The second-order valence-corrected chi connectivity index (χ2v) is 6.97. The van der Waals surface area contributed by atoms with Gasteiger partial charge in [0.15, 0.2) is 0 Å². The van der Waals surface area contributed by atoms with Crippen molar-refractivity contribution in [3.8, 4) is 0 Å². The van der Waals surface area contributed by atoms with Crippen molar-refractivity contribution in [3.05, 3.63) is 40.3 Å². The molecule has 1 atom stereocenters. The molecule has 3 aromatic heterocycles. The van der Waals surface area contributed by atoms with Crippen LogP contribution in [0.3, 0.4) is 0 Å². The lowest BCUT2D eigenvalue weighted by Gasteiger charge is -2.16. The molecule has 4 rings (SSSR count). The number of nitrogens with one attached hydrogen (secondary N) is 1. The summed E-state index contributed by atoms with van der Waals surface area (Å²) in [5.74, 6) is 0.654. The SMILES string of the molecule is CCCn1nc2n(c1=O)CCC(NC(=O)c1cnc3cnn(C)c3c1)CC2. The van der Waals surface area contributed by atoms with Gasteiger partial charge in [-0.2, -0.15) is 10.2 Å². The van der Waals surface area contributed by atoms with Crippen molar-refractivity contribution in [2.24, 2.45) is 7.05 Å². The fraction of sp³-hybridized carbons (Fsp3) is 0.500. The fourth-order valence-electron chi connectivity index (χ4n) is 3.55. The van der Waals surface area contributed by atoms with Gasteiger partial charge in [-0.05, 0) is 25.3 Å². The van der Waals surface area contributed by atoms with Gasteiger partial charge in [-0.3, -0.25) is 19.0 Å². The third-order valence-electron chi connectivity index (χ3n) is 5.05. The fourth-order valence-corrected chi connectivity index (χ4v) is 3.55. The van der Waals surface area contributed by atoms with E-state index >= 15 is 0 Å². The van der Waals surface area contributed by atoms with Gasteiger partial charge < -0.3 is 5.32 Å². The smallest absolute Gasteiger partial charge is 0.345 e. The predicted molar refractivity (Wildman–Crippen MR) is 99.5 cm³/mol. The average molecular weight is 369 g/mol. The maximum Gasteiger partial charge on any atom is 0.345 e. The second-order valence-electron chi connectivity index (χ2n) is 6.97. The normalized spacial score (nSPS) is 16.9. The van der Waals surface area contributed by atoms with Gasteiger partial charge in [0.2, 0.25) is 0 Å². The quantitative estimate of drug-likeness (QED) is 0.736. The Hall–Kier alpha value is -2.97. The Labute approximate surface area is 156 Å². The van der Waals surface area contributed by atoms with Gasteiger partial charge in [0.25, 0.3) is 5.91 Å². The summed E-state index contributed by atoms with van der Waals surface area (Å²) in [5, 5.41) is 11.7. The molecular weight excluding hydrogens is 346 g/mol. The Balaban J connectivity index is 1.46. The molecule has 1 unspecified atom stereocenters. The van der Waals surface area contributed by atoms with E-state index in [1.165, 1.54) is 0 Å². The Morgan fingerprint density at radius 3 is 3.00 bits per heavy atom. The number of aromatic nitrogens is 6. The summed E-state index contributed by atoms with van der Waals surface area (Å²) in [5.41, 5.74) is 2.04. The third kappa shape index (κ3) is 3.24. The summed E-state index contributed by atoms with van der Waals surface area (Å²) in [7, 11) is 1.82. The minimum absolute atomic E-state index is 0.000425. The molecule has 1 aliphatic heterocycles. The molecule has 9 nitrogen and oxygen atoms in total. The van der Waals surface area contributed by atoms with Gasteiger partial charge in [0.05, 0.1) is 17.3 Å². The summed E-state index contributed by atoms with van der Waals surface area (Å²) in [6.45, 7) is 3.24. The van der Waals surface area contributed by atoms with Crippen LogP contribution in [0.1, 0.15) is 42.4 Å². The summed E-state index contributed by atoms with van der Waals surface area (Å²) in [6, 6.07) is 1.80. The first-order valence-electron chi connectivity index (χ1n) is 9.32. The molecule has 0 bridgehead atoms. The number of rotatable bonds is 4. The molecule has 1 amide bonds. The first-order valence-corrected chi connectivity index (χ1v) is 9.32. The van der Waals surface area contributed by atoms with E-state index in [9.17, 15) is 9.59 Å². The Morgan fingerprint density at radius 1 is 1.33 bits per heavy atom. The monoisotopic (exact) mass is 369 g/mol. The van der Waals surface area contributed by atoms with Crippen molar-refractivity contribution < 1.29 is 4.79 Å². The number of hydrogen-bond donors (Lipinski definition) is 1. The molecular formula is C18H23N7O2. The number of amides is 1. The van der Waals surface area contributed by atoms with E-state index in [2.05, 4.69) is 20.5 Å². The average Bonchev–Trinajstić information content (AvgIpc) is 3.10. The van der Waals surface area contributed by atoms with Gasteiger partial charge in [0.1, 0.15) is 11.3 Å². The molecule has 0 aromatic carbocycles. The van der Waals surface area contributed by atoms with E-state index in [0.29, 0.717) is 31.5 Å². The van der Waals surface area contributed by atoms with Crippen LogP contribution in [-0.2, 0) is 26.6 Å². The van der Waals surface area contributed by atoms with Gasteiger partial charge in [-0.15, -0.1) is 0 Å². The van der Waals surface area contributed by atoms with Crippen molar-refractivity contribution in [2.45, 2.75) is 51.7 Å². The molecule has 27 heavy (non-hydrogen) atoms. The van der Waals surface area contributed by atoms with Gasteiger partial charge in [-0.25, -0.2) is 9.48 Å². The van der Waals surface area contributed by atoms with Crippen LogP contribution in [-0.4, -0.2) is 41.1 Å². The molecule has 142 valence electrons. The minimum Gasteiger partial charge on any atom is -0.349 e. The molecule has 0 spiro atoms. The molecule has 9 heteroatoms. The van der Waals surface area contributed by atoms with Crippen LogP contribution in [0.5, 0.6) is 0 Å². The van der Waals surface area contributed by atoms with Crippen LogP contribution in [0.4, 0.5) is 0 Å². The van der Waals surface area contributed by atoms with Crippen LogP contribution in [0.2, 0.25) is 0 Å². The lowest BCUT2D eigenvalue weighted by Crippen LogP contribution is -2.36. The van der Waals surface area contributed by atoms with Crippen molar-refractivity contribution >= 4 is 16.9 Å². The van der Waals surface area contributed by atoms with Crippen molar-refractivity contribution in [1.29, 1.82) is 0 Å². The van der Waals surface area contributed by atoms with E-state index < -0.39 is 0 Å². The van der Waals surface area contributed by atoms with Crippen LogP contribution >= 0.6 is 0 Å². The minimum atomic E-state index is -0.154. The lowest BCUT2D eigenvalue weighted by atomic mass is 10.1. The summed E-state index contributed by atoms with van der Waals surface area (Å²) in [6.07, 6.45) is 6.27. The van der Waals surface area contributed by atoms with Crippen LogP contribution < -0.4 is 11.0 Å². The third-order valence-corrected chi connectivity index (χ3v) is 5.05. The number of carbonyl (C=O) groups excluding carboxylic acids is 1. The van der Waals surface area contributed by atoms with Crippen LogP contribution in [0, 0.1) is 0 Å². The summed E-state index contributed by atoms with van der Waals surface area (Å²) in [4.78, 5) is 29.3. The summed E-state index contributed by atoms with van der Waals surface area (Å²) < 4.78 is 4.99. The molecule has 0 fully saturated rings. The van der Waals surface area contributed by atoms with E-state index in [1.54, 1.807) is 32.4 Å². The second kappa shape index (κ2) is 6.98. The molecule has 4 heterocycles. The van der Waals surface area contributed by atoms with Gasteiger partial charge >= 0.3 is 5.69 Å². The van der Waals surface area contributed by atoms with E-state index in [4.69, 9.17) is 0 Å². The highest BCUT2D eigenvalue weighted by molar-refractivity contribution is 5.96. The topological polar surface area (TPSA) is 99.6 Å². The zero-order valence-corrected chi connectivity index (χ0v) is 15.6. The Kier molecular flexibility index (Phi) is 4.51. The largest absolute Gasteiger partial charge is 0.349 e. The first kappa shape index (κ1) is 17.4. The highest BCUT2D eigenvalue weighted by Gasteiger charge is 2.22. The molecule has 3 aromatic rings. The number of hydrogen-bond acceptors (Lipinski definition) is 5. The van der Waals surface area contributed by atoms with Crippen LogP contribution in [0.15, 0.2) is 23.3 Å². The number of aryl methyl sites for hydroxylation is 3. The highest BCUT2D eigenvalue weighted by Crippen LogP contribution is 2.15. The Bertz CT molecular complexity index is 1050. The molecule has 0 saturated heterocycles. The summed E-state index contributed by atoms with van der Waals surface area (Å²) >= 11 is 0. The lowest BCUT2D eigenvalue weighted by molar-refractivity contribution is 0.0932. The molecule has 1 aliphatic rings. The van der Waals surface area contributed by atoms with Crippen molar-refractivity contribution in [3.63, 3.8) is 0 Å². The highest BCUT2D eigenvalue weighted by atomic mass is 16.2. The van der Waals surface area contributed by atoms with E-state index in [-0.39, 0.29) is 17.6 Å². The molecule has 0 radical (unpaired) electrons. The molecule has 0 saturated carbocycles. The van der Waals surface area contributed by atoms with E-state index in [0.717, 1.165) is 29.7 Å². The number of pyridine rings is 1. The van der Waals surface area contributed by atoms with Gasteiger partial charge in [0, 0.05) is 38.8 Å². The standard InChI is InChI=1S/C18H23N7O2/c1-3-7-25-18(27)24-8-6-13(4-5-16(24)22-25)21-17(26)12-9-15-14(19-10-12)11-20-23(15)2/h9-11,13H,3-8H2,1-2H3,(H,21,26). The maximum atomic E-state index is 12.7. The Morgan fingerprint density at radius 2 is 2.19 bits per heavy atom. The number of nitrogens with zero attached hydrogens (tertiary/aromatic N) is 6. The maximum absolute atomic E-state index is 12.7. The number of fused-ring (bicyclic) bond motifs is 2. The predicted octanol–water partition coefficient (Wildman–Crippen LogP) is 0.871. The van der Waals surface area contributed by atoms with Crippen LogP contribution in [0.25, 0.3) is 11.0 Å². The molecule has 0 aliphatic carbocycles. The van der Waals surface area contributed by atoms with Crippen molar-refractivity contribution in [1.82, 2.24) is 34.4 Å². The zero-order valence-electron chi connectivity index (χ0n) is 15.6. The number of carbonyl (C=O) groups is 1. The van der Waals surface area contributed by atoms with E-state index in [1.807, 2.05) is 14.0 Å². The first-order chi connectivity index (χ1) is 13.1. The van der Waals surface area contributed by atoms with Crippen molar-refractivity contribution in [2.75, 3.05) is 0 Å². The zero-order chi connectivity index (χ0) is 19.0.